The van der Waals surface area contributed by atoms with E-state index in [0.717, 1.165) is 0 Å². The molecule has 0 aromatic rings. The number of carbonyl (C=O) groups excluding carboxylic acids is 1. The highest BCUT2D eigenvalue weighted by atomic mass is 19.4. The standard InChI is InChI=1S/C19H32F6O5/c1-29-13(11-18(20,21)22)7-3-5-9-15(26)17(28)16(27)10-6-4-8-14(30-2)12-19(23,24)25/h13-16,26-27H,3-12H2,1-2H3/t13?,14?,15-,16-/m0/s1. The lowest BCUT2D eigenvalue weighted by Crippen LogP contribution is -2.32. The topological polar surface area (TPSA) is 76.0 Å². The highest BCUT2D eigenvalue weighted by Gasteiger charge is 2.32. The van der Waals surface area contributed by atoms with Crippen LogP contribution in [0.1, 0.15) is 64.2 Å². The molecule has 0 aliphatic rings. The van der Waals surface area contributed by atoms with Crippen molar-refractivity contribution in [1.29, 1.82) is 0 Å². The zero-order valence-corrected chi connectivity index (χ0v) is 17.3. The van der Waals surface area contributed by atoms with Crippen molar-refractivity contribution in [3.05, 3.63) is 0 Å². The minimum absolute atomic E-state index is 0.00429. The molecule has 0 spiro atoms. The van der Waals surface area contributed by atoms with E-state index in [1.165, 1.54) is 14.2 Å². The number of halogens is 6. The fourth-order valence-corrected chi connectivity index (χ4v) is 3.05. The van der Waals surface area contributed by atoms with Crippen molar-refractivity contribution in [2.45, 2.75) is 101 Å². The maximum absolute atomic E-state index is 12.3. The lowest BCUT2D eigenvalue weighted by molar-refractivity contribution is -0.159. The molecule has 2 N–H and O–H groups in total. The van der Waals surface area contributed by atoms with E-state index in [1.54, 1.807) is 0 Å². The summed E-state index contributed by atoms with van der Waals surface area (Å²) in [5.41, 5.74) is 0. The number of hydrogen-bond acceptors (Lipinski definition) is 5. The molecule has 180 valence electrons. The van der Waals surface area contributed by atoms with Crippen LogP contribution in [-0.2, 0) is 14.3 Å². The van der Waals surface area contributed by atoms with Crippen LogP contribution in [0.2, 0.25) is 0 Å². The third kappa shape index (κ3) is 15.0. The summed E-state index contributed by atoms with van der Waals surface area (Å²) in [6.07, 6.45) is -14.3. The molecule has 5 nitrogen and oxygen atoms in total. The van der Waals surface area contributed by atoms with E-state index in [-0.39, 0.29) is 38.5 Å². The highest BCUT2D eigenvalue weighted by Crippen LogP contribution is 2.26. The predicted molar refractivity (Wildman–Crippen MR) is 96.9 cm³/mol. The molecule has 0 rings (SSSR count). The number of rotatable bonds is 16. The molecule has 0 aromatic heterocycles. The number of ether oxygens (including phenoxy) is 2. The van der Waals surface area contributed by atoms with Gasteiger partial charge in [0.15, 0.2) is 5.78 Å². The lowest BCUT2D eigenvalue weighted by Gasteiger charge is -2.18. The normalized spacial score (nSPS) is 16.9. The van der Waals surface area contributed by atoms with Gasteiger partial charge in [-0.1, -0.05) is 25.7 Å². The molecule has 0 saturated heterocycles. The first-order chi connectivity index (χ1) is 13.8. The molecule has 2 unspecified atom stereocenters. The smallest absolute Gasteiger partial charge is 0.385 e. The number of methoxy groups -OCH3 is 2. The van der Waals surface area contributed by atoms with Crippen LogP contribution in [0.15, 0.2) is 0 Å². The van der Waals surface area contributed by atoms with Gasteiger partial charge in [-0.3, -0.25) is 4.79 Å². The minimum Gasteiger partial charge on any atom is -0.385 e. The second kappa shape index (κ2) is 14.2. The molecule has 0 radical (unpaired) electrons. The van der Waals surface area contributed by atoms with Crippen molar-refractivity contribution in [3.63, 3.8) is 0 Å². The number of aliphatic hydroxyl groups is 2. The van der Waals surface area contributed by atoms with Gasteiger partial charge in [-0.2, -0.15) is 26.3 Å². The van der Waals surface area contributed by atoms with E-state index in [1.807, 2.05) is 0 Å². The van der Waals surface area contributed by atoms with Gasteiger partial charge in [0.1, 0.15) is 12.2 Å². The van der Waals surface area contributed by atoms with Crippen molar-refractivity contribution < 1.29 is 50.8 Å². The van der Waals surface area contributed by atoms with Crippen LogP contribution in [0.5, 0.6) is 0 Å². The fraction of sp³-hybridized carbons (Fsp3) is 0.947. The third-order valence-corrected chi connectivity index (χ3v) is 4.75. The summed E-state index contributed by atoms with van der Waals surface area (Å²) in [6.45, 7) is 0. The second-order valence-corrected chi connectivity index (χ2v) is 7.36. The molecule has 0 heterocycles. The van der Waals surface area contributed by atoms with Crippen LogP contribution in [0, 0.1) is 0 Å². The number of unbranched alkanes of at least 4 members (excludes halogenated alkanes) is 2. The van der Waals surface area contributed by atoms with Gasteiger partial charge in [0.25, 0.3) is 0 Å². The van der Waals surface area contributed by atoms with E-state index in [9.17, 15) is 41.4 Å². The average molecular weight is 454 g/mol. The molecule has 0 aromatic carbocycles. The van der Waals surface area contributed by atoms with Crippen LogP contribution in [0.3, 0.4) is 0 Å². The quantitative estimate of drug-likeness (QED) is 0.268. The van der Waals surface area contributed by atoms with Crippen molar-refractivity contribution >= 4 is 5.78 Å². The molecule has 30 heavy (non-hydrogen) atoms. The summed E-state index contributed by atoms with van der Waals surface area (Å²) in [7, 11) is 2.37. The Kier molecular flexibility index (Phi) is 13.8. The predicted octanol–water partition coefficient (Wildman–Crippen LogP) is 4.33. The van der Waals surface area contributed by atoms with Crippen LogP contribution < -0.4 is 0 Å². The largest absolute Gasteiger partial charge is 0.391 e. The van der Waals surface area contributed by atoms with Gasteiger partial charge < -0.3 is 19.7 Å². The summed E-state index contributed by atoms with van der Waals surface area (Å²) < 4.78 is 83.6. The molecule has 0 amide bonds. The van der Waals surface area contributed by atoms with Crippen molar-refractivity contribution in [2.75, 3.05) is 14.2 Å². The zero-order chi connectivity index (χ0) is 23.4. The van der Waals surface area contributed by atoms with Crippen molar-refractivity contribution in [2.24, 2.45) is 0 Å². The molecule has 11 heteroatoms. The molecule has 0 aliphatic heterocycles. The Balaban J connectivity index is 4.09. The van der Waals surface area contributed by atoms with Crippen molar-refractivity contribution in [1.82, 2.24) is 0 Å². The SMILES string of the molecule is COC(CCCC[C@H](O)C(=O)[C@@H](O)CCCCC(CC(F)(F)F)OC)CC(F)(F)F. The van der Waals surface area contributed by atoms with E-state index in [0.29, 0.717) is 12.8 Å². The van der Waals surface area contributed by atoms with Gasteiger partial charge in [0, 0.05) is 14.2 Å². The molecule has 0 bridgehead atoms. The molecular weight excluding hydrogens is 422 g/mol. The lowest BCUT2D eigenvalue weighted by atomic mass is 9.98. The van der Waals surface area contributed by atoms with Gasteiger partial charge in [-0.15, -0.1) is 0 Å². The van der Waals surface area contributed by atoms with Crippen LogP contribution in [-0.4, -0.2) is 67.0 Å². The van der Waals surface area contributed by atoms with E-state index < -0.39 is 55.4 Å². The van der Waals surface area contributed by atoms with E-state index in [4.69, 9.17) is 9.47 Å². The van der Waals surface area contributed by atoms with Gasteiger partial charge in [-0.25, -0.2) is 0 Å². The number of carbonyl (C=O) groups is 1. The number of alkyl halides is 6. The monoisotopic (exact) mass is 454 g/mol. The van der Waals surface area contributed by atoms with E-state index in [2.05, 4.69) is 0 Å². The van der Waals surface area contributed by atoms with E-state index >= 15 is 0 Å². The molecule has 0 saturated carbocycles. The van der Waals surface area contributed by atoms with Gasteiger partial charge >= 0.3 is 12.4 Å². The number of hydrogen-bond donors (Lipinski definition) is 2. The zero-order valence-electron chi connectivity index (χ0n) is 17.3. The van der Waals surface area contributed by atoms with Gasteiger partial charge in [0.2, 0.25) is 0 Å². The summed E-state index contributed by atoms with van der Waals surface area (Å²) >= 11 is 0. The number of Topliss-reactive ketones (excluding diaryl/α,β-unsaturated/α-hetero) is 1. The Morgan fingerprint density at radius 1 is 0.700 bits per heavy atom. The third-order valence-electron chi connectivity index (χ3n) is 4.75. The Morgan fingerprint density at radius 2 is 1.00 bits per heavy atom. The first kappa shape index (κ1) is 29.1. The maximum Gasteiger partial charge on any atom is 0.391 e. The summed E-state index contributed by atoms with van der Waals surface area (Å²) in [6, 6.07) is 0. The maximum atomic E-state index is 12.3. The Hall–Kier alpha value is -0.910. The van der Waals surface area contributed by atoms with Crippen LogP contribution in [0.4, 0.5) is 26.3 Å². The summed E-state index contributed by atoms with van der Waals surface area (Å²) in [5, 5.41) is 19.7. The summed E-state index contributed by atoms with van der Waals surface area (Å²) in [5.74, 6) is -0.799. The molecular formula is C19H32F6O5. The molecule has 4 atom stereocenters. The highest BCUT2D eigenvalue weighted by molar-refractivity contribution is 5.86. The summed E-state index contributed by atoms with van der Waals surface area (Å²) in [4.78, 5) is 11.9. The average Bonchev–Trinajstić information content (AvgIpc) is 2.63. The first-order valence-electron chi connectivity index (χ1n) is 9.88. The number of aliphatic hydroxyl groups excluding tert-OH is 2. The Morgan fingerprint density at radius 3 is 1.27 bits per heavy atom. The fourth-order valence-electron chi connectivity index (χ4n) is 3.05. The Labute approximate surface area is 172 Å². The van der Waals surface area contributed by atoms with Crippen LogP contribution >= 0.6 is 0 Å². The Bertz CT molecular complexity index is 429. The number of ketones is 1. The molecule has 0 aliphatic carbocycles. The minimum atomic E-state index is -4.34. The van der Waals surface area contributed by atoms with Crippen LogP contribution in [0.25, 0.3) is 0 Å². The second-order valence-electron chi connectivity index (χ2n) is 7.36. The van der Waals surface area contributed by atoms with Gasteiger partial charge in [0.05, 0.1) is 25.0 Å². The molecule has 0 fully saturated rings. The first-order valence-corrected chi connectivity index (χ1v) is 9.88. The van der Waals surface area contributed by atoms with Crippen molar-refractivity contribution in [3.8, 4) is 0 Å². The van der Waals surface area contributed by atoms with Gasteiger partial charge in [-0.05, 0) is 25.7 Å².